The Morgan fingerprint density at radius 2 is 2.12 bits per heavy atom. The highest BCUT2D eigenvalue weighted by Crippen LogP contribution is 2.34. The second-order valence-corrected chi connectivity index (χ2v) is 4.55. The van der Waals surface area contributed by atoms with Crippen LogP contribution in [-0.2, 0) is 4.74 Å². The summed E-state index contributed by atoms with van der Waals surface area (Å²) in [5, 5.41) is -0.613. The van der Waals surface area contributed by atoms with Gasteiger partial charge in [-0.3, -0.25) is 0 Å². The van der Waals surface area contributed by atoms with Crippen LogP contribution < -0.4 is 0 Å². The predicted molar refractivity (Wildman–Crippen MR) is 58.7 cm³/mol. The normalized spacial score (nSPS) is 22.4. The van der Waals surface area contributed by atoms with Gasteiger partial charge in [0.2, 0.25) is 0 Å². The van der Waals surface area contributed by atoms with Gasteiger partial charge in [0.25, 0.3) is 0 Å². The molecule has 1 saturated heterocycles. The molecule has 1 aliphatic heterocycles. The van der Waals surface area contributed by atoms with Gasteiger partial charge in [0.1, 0.15) is 11.6 Å². The van der Waals surface area contributed by atoms with Gasteiger partial charge in [0.05, 0.1) is 11.5 Å². The molecule has 2 unspecified atom stereocenters. The van der Waals surface area contributed by atoms with Crippen LogP contribution in [0.2, 0.25) is 0 Å². The Labute approximate surface area is 98.4 Å². The van der Waals surface area contributed by atoms with Crippen molar-refractivity contribution >= 4 is 11.6 Å². The Kier molecular flexibility index (Phi) is 3.45. The van der Waals surface area contributed by atoms with E-state index in [4.69, 9.17) is 16.3 Å². The number of ether oxygens (including phenoxy) is 1. The molecule has 1 fully saturated rings. The molecule has 4 heteroatoms. The minimum atomic E-state index is -0.613. The minimum Gasteiger partial charge on any atom is -0.376 e. The third-order valence-electron chi connectivity index (χ3n) is 2.87. The molecule has 0 aliphatic carbocycles. The average molecular weight is 247 g/mol. The van der Waals surface area contributed by atoms with E-state index in [1.165, 1.54) is 19.1 Å². The number of alkyl halides is 1. The van der Waals surface area contributed by atoms with Crippen LogP contribution in [0.25, 0.3) is 0 Å². The summed E-state index contributed by atoms with van der Waals surface area (Å²) in [5.74, 6) is -0.894. The maximum absolute atomic E-state index is 13.6. The first-order valence-corrected chi connectivity index (χ1v) is 5.74. The summed E-state index contributed by atoms with van der Waals surface area (Å²) < 4.78 is 32.3. The van der Waals surface area contributed by atoms with Gasteiger partial charge in [-0.15, -0.1) is 11.6 Å². The van der Waals surface area contributed by atoms with E-state index in [0.29, 0.717) is 6.61 Å². The van der Waals surface area contributed by atoms with Gasteiger partial charge in [-0.25, -0.2) is 8.78 Å². The number of aryl methyl sites for hydroxylation is 1. The van der Waals surface area contributed by atoms with Gasteiger partial charge in [0, 0.05) is 12.2 Å². The SMILES string of the molecule is Cc1cc(F)c(C(Cl)C2CCCO2)cc1F. The number of rotatable bonds is 2. The van der Waals surface area contributed by atoms with Gasteiger partial charge in [-0.05, 0) is 37.5 Å². The van der Waals surface area contributed by atoms with Gasteiger partial charge in [0.15, 0.2) is 0 Å². The Bertz CT molecular complexity index is 389. The molecule has 0 aromatic heterocycles. The first-order chi connectivity index (χ1) is 7.59. The molecule has 1 aliphatic rings. The Morgan fingerprint density at radius 3 is 2.75 bits per heavy atom. The maximum Gasteiger partial charge on any atom is 0.128 e. The summed E-state index contributed by atoms with van der Waals surface area (Å²) in [4.78, 5) is 0. The van der Waals surface area contributed by atoms with Crippen LogP contribution in [0.3, 0.4) is 0 Å². The largest absolute Gasteiger partial charge is 0.376 e. The lowest BCUT2D eigenvalue weighted by atomic mass is 10.0. The van der Waals surface area contributed by atoms with Crippen molar-refractivity contribution in [2.45, 2.75) is 31.2 Å². The van der Waals surface area contributed by atoms with E-state index in [9.17, 15) is 8.78 Å². The molecule has 16 heavy (non-hydrogen) atoms. The predicted octanol–water partition coefficient (Wildman–Crippen LogP) is 3.73. The fourth-order valence-corrected chi connectivity index (χ4v) is 2.27. The number of hydrogen-bond donors (Lipinski definition) is 0. The van der Waals surface area contributed by atoms with E-state index in [-0.39, 0.29) is 17.2 Å². The van der Waals surface area contributed by atoms with Gasteiger partial charge >= 0.3 is 0 Å². The molecule has 0 amide bonds. The van der Waals surface area contributed by atoms with Crippen LogP contribution >= 0.6 is 11.6 Å². The first-order valence-electron chi connectivity index (χ1n) is 5.31. The second kappa shape index (κ2) is 4.68. The molecular formula is C12H13ClF2O. The van der Waals surface area contributed by atoms with Gasteiger partial charge < -0.3 is 4.74 Å². The van der Waals surface area contributed by atoms with Gasteiger partial charge in [-0.1, -0.05) is 0 Å². The van der Waals surface area contributed by atoms with Crippen molar-refractivity contribution in [3.63, 3.8) is 0 Å². The van der Waals surface area contributed by atoms with Crippen molar-refractivity contribution < 1.29 is 13.5 Å². The Morgan fingerprint density at radius 1 is 1.38 bits per heavy atom. The number of benzene rings is 1. The fraction of sp³-hybridized carbons (Fsp3) is 0.500. The van der Waals surface area contributed by atoms with E-state index in [1.807, 2.05) is 0 Å². The molecule has 1 nitrogen and oxygen atoms in total. The molecule has 2 rings (SSSR count). The zero-order chi connectivity index (χ0) is 11.7. The smallest absolute Gasteiger partial charge is 0.128 e. The van der Waals surface area contributed by atoms with Crippen molar-refractivity contribution in [3.8, 4) is 0 Å². The zero-order valence-corrected chi connectivity index (χ0v) is 9.73. The Hall–Kier alpha value is -0.670. The highest BCUT2D eigenvalue weighted by molar-refractivity contribution is 6.21. The molecular weight excluding hydrogens is 234 g/mol. The monoisotopic (exact) mass is 246 g/mol. The van der Waals surface area contributed by atoms with E-state index in [1.54, 1.807) is 0 Å². The molecule has 0 saturated carbocycles. The van der Waals surface area contributed by atoms with Crippen LogP contribution in [0.4, 0.5) is 8.78 Å². The molecule has 1 aromatic carbocycles. The lowest BCUT2D eigenvalue weighted by molar-refractivity contribution is 0.106. The first kappa shape index (κ1) is 11.8. The van der Waals surface area contributed by atoms with Crippen molar-refractivity contribution in [3.05, 3.63) is 34.9 Å². The highest BCUT2D eigenvalue weighted by Gasteiger charge is 2.28. The van der Waals surface area contributed by atoms with Crippen LogP contribution in [-0.4, -0.2) is 12.7 Å². The molecule has 0 bridgehead atoms. The molecule has 0 spiro atoms. The molecule has 0 N–H and O–H groups in total. The van der Waals surface area contributed by atoms with Crippen LogP contribution in [0.1, 0.15) is 29.3 Å². The third-order valence-corrected chi connectivity index (χ3v) is 3.38. The number of hydrogen-bond acceptors (Lipinski definition) is 1. The molecule has 88 valence electrons. The summed E-state index contributed by atoms with van der Waals surface area (Å²) in [6.45, 7) is 2.17. The summed E-state index contributed by atoms with van der Waals surface area (Å²) in [6, 6.07) is 2.35. The third kappa shape index (κ3) is 2.20. The van der Waals surface area contributed by atoms with Gasteiger partial charge in [-0.2, -0.15) is 0 Å². The average Bonchev–Trinajstić information content (AvgIpc) is 2.75. The van der Waals surface area contributed by atoms with E-state index < -0.39 is 17.0 Å². The van der Waals surface area contributed by atoms with E-state index in [2.05, 4.69) is 0 Å². The topological polar surface area (TPSA) is 9.23 Å². The molecule has 2 atom stereocenters. The summed E-state index contributed by atoms with van der Waals surface area (Å²) in [6.07, 6.45) is 1.51. The summed E-state index contributed by atoms with van der Waals surface area (Å²) in [5.41, 5.74) is 0.481. The molecule has 1 heterocycles. The second-order valence-electron chi connectivity index (χ2n) is 4.08. The lowest BCUT2D eigenvalue weighted by Gasteiger charge is -2.17. The summed E-state index contributed by atoms with van der Waals surface area (Å²) in [7, 11) is 0. The maximum atomic E-state index is 13.6. The molecule has 0 radical (unpaired) electrons. The standard InChI is InChI=1S/C12H13ClF2O/c1-7-5-10(15)8(6-9(7)14)12(13)11-3-2-4-16-11/h5-6,11-12H,2-4H2,1H3. The lowest BCUT2D eigenvalue weighted by Crippen LogP contribution is -2.14. The van der Waals surface area contributed by atoms with Crippen LogP contribution in [0.15, 0.2) is 12.1 Å². The number of halogens is 3. The fourth-order valence-electron chi connectivity index (χ4n) is 1.91. The highest BCUT2D eigenvalue weighted by atomic mass is 35.5. The van der Waals surface area contributed by atoms with Crippen LogP contribution in [0.5, 0.6) is 0 Å². The van der Waals surface area contributed by atoms with E-state index >= 15 is 0 Å². The van der Waals surface area contributed by atoms with Crippen molar-refractivity contribution in [2.75, 3.05) is 6.61 Å². The van der Waals surface area contributed by atoms with E-state index in [0.717, 1.165) is 12.8 Å². The Balaban J connectivity index is 2.28. The van der Waals surface area contributed by atoms with Crippen molar-refractivity contribution in [1.29, 1.82) is 0 Å². The van der Waals surface area contributed by atoms with Crippen molar-refractivity contribution in [1.82, 2.24) is 0 Å². The van der Waals surface area contributed by atoms with Crippen LogP contribution in [0, 0.1) is 18.6 Å². The minimum absolute atomic E-state index is 0.191. The quantitative estimate of drug-likeness (QED) is 0.723. The molecule has 1 aromatic rings. The zero-order valence-electron chi connectivity index (χ0n) is 8.97. The van der Waals surface area contributed by atoms with Crippen molar-refractivity contribution in [2.24, 2.45) is 0 Å². The summed E-state index contributed by atoms with van der Waals surface area (Å²) >= 11 is 6.11.